The molecule has 22 heavy (non-hydrogen) atoms. The van der Waals surface area contributed by atoms with Crippen LogP contribution in [0.15, 0.2) is 23.2 Å². The van der Waals surface area contributed by atoms with Crippen molar-refractivity contribution in [3.05, 3.63) is 29.6 Å². The van der Waals surface area contributed by atoms with Gasteiger partial charge in [-0.25, -0.2) is 0 Å². The minimum atomic E-state index is 0. The highest BCUT2D eigenvalue weighted by Crippen LogP contribution is 1.97. The lowest BCUT2D eigenvalue weighted by molar-refractivity contribution is 0.0698. The third-order valence-electron chi connectivity index (χ3n) is 2.80. The molecule has 0 bridgehead atoms. The zero-order chi connectivity index (χ0) is 15.3. The molecule has 1 aromatic heterocycles. The van der Waals surface area contributed by atoms with Crippen molar-refractivity contribution >= 4 is 29.9 Å². The van der Waals surface area contributed by atoms with E-state index in [2.05, 4.69) is 20.6 Å². The molecule has 0 aliphatic carbocycles. The van der Waals surface area contributed by atoms with Crippen molar-refractivity contribution in [3.63, 3.8) is 0 Å². The molecule has 0 aliphatic heterocycles. The Morgan fingerprint density at radius 3 is 2.73 bits per heavy atom. The standard InChI is InChI=1S/C15H26N4O2.HI/c1-13-6-4-7-14(19-13)12-18-15(16-2)17-8-5-9-21-11-10-20-3;/h4,6-7H,5,8-12H2,1-3H3,(H2,16,17,18);1H. The molecule has 2 N–H and O–H groups in total. The minimum Gasteiger partial charge on any atom is -0.382 e. The molecule has 0 saturated heterocycles. The lowest BCUT2D eigenvalue weighted by atomic mass is 10.3. The number of guanidine groups is 1. The predicted octanol–water partition coefficient (Wildman–Crippen LogP) is 1.73. The Hall–Kier alpha value is -0.930. The largest absolute Gasteiger partial charge is 0.382 e. The molecule has 0 saturated carbocycles. The smallest absolute Gasteiger partial charge is 0.191 e. The average molecular weight is 422 g/mol. The van der Waals surface area contributed by atoms with Gasteiger partial charge in [0.2, 0.25) is 0 Å². The van der Waals surface area contributed by atoms with E-state index in [0.717, 1.165) is 30.3 Å². The fraction of sp³-hybridized carbons (Fsp3) is 0.600. The van der Waals surface area contributed by atoms with E-state index in [1.807, 2.05) is 25.1 Å². The van der Waals surface area contributed by atoms with Gasteiger partial charge in [0.1, 0.15) is 0 Å². The van der Waals surface area contributed by atoms with Crippen LogP contribution in [-0.2, 0) is 16.0 Å². The van der Waals surface area contributed by atoms with E-state index in [4.69, 9.17) is 9.47 Å². The van der Waals surface area contributed by atoms with Crippen molar-refractivity contribution in [1.82, 2.24) is 15.6 Å². The first-order valence-corrected chi connectivity index (χ1v) is 7.20. The number of pyridine rings is 1. The highest BCUT2D eigenvalue weighted by molar-refractivity contribution is 14.0. The number of aryl methyl sites for hydroxylation is 1. The van der Waals surface area contributed by atoms with E-state index >= 15 is 0 Å². The van der Waals surface area contributed by atoms with Crippen molar-refractivity contribution in [3.8, 4) is 0 Å². The van der Waals surface area contributed by atoms with Gasteiger partial charge in [0.25, 0.3) is 0 Å². The molecule has 126 valence electrons. The van der Waals surface area contributed by atoms with Crippen LogP contribution >= 0.6 is 24.0 Å². The van der Waals surface area contributed by atoms with Gasteiger partial charge in [0.15, 0.2) is 5.96 Å². The predicted molar refractivity (Wildman–Crippen MR) is 99.9 cm³/mol. The molecule has 0 atom stereocenters. The highest BCUT2D eigenvalue weighted by Gasteiger charge is 1.99. The summed E-state index contributed by atoms with van der Waals surface area (Å²) in [4.78, 5) is 8.62. The van der Waals surface area contributed by atoms with Crippen LogP contribution in [-0.4, -0.2) is 51.5 Å². The molecule has 7 heteroatoms. The van der Waals surface area contributed by atoms with Crippen LogP contribution in [0.5, 0.6) is 0 Å². The van der Waals surface area contributed by atoms with Gasteiger partial charge < -0.3 is 20.1 Å². The van der Waals surface area contributed by atoms with Gasteiger partial charge in [-0.3, -0.25) is 9.98 Å². The first-order valence-electron chi connectivity index (χ1n) is 7.20. The van der Waals surface area contributed by atoms with Crippen LogP contribution in [0.1, 0.15) is 17.8 Å². The number of rotatable bonds is 9. The fourth-order valence-corrected chi connectivity index (χ4v) is 1.72. The summed E-state index contributed by atoms with van der Waals surface area (Å²) in [6, 6.07) is 5.99. The van der Waals surface area contributed by atoms with Crippen LogP contribution in [0.3, 0.4) is 0 Å². The van der Waals surface area contributed by atoms with Crippen LogP contribution in [0.2, 0.25) is 0 Å². The first-order chi connectivity index (χ1) is 10.3. The number of methoxy groups -OCH3 is 1. The summed E-state index contributed by atoms with van der Waals surface area (Å²) in [5.41, 5.74) is 2.02. The number of nitrogens with one attached hydrogen (secondary N) is 2. The molecule has 0 amide bonds. The van der Waals surface area contributed by atoms with Crippen LogP contribution in [0.25, 0.3) is 0 Å². The van der Waals surface area contributed by atoms with E-state index in [9.17, 15) is 0 Å². The number of hydrogen-bond acceptors (Lipinski definition) is 4. The maximum absolute atomic E-state index is 5.40. The Morgan fingerprint density at radius 1 is 1.23 bits per heavy atom. The molecule has 0 aliphatic rings. The molecule has 0 fully saturated rings. The number of hydrogen-bond donors (Lipinski definition) is 2. The molecule has 1 rings (SSSR count). The number of halogens is 1. The zero-order valence-corrected chi connectivity index (χ0v) is 15.9. The molecular formula is C15H27IN4O2. The van der Waals surface area contributed by atoms with Gasteiger partial charge in [0.05, 0.1) is 25.5 Å². The average Bonchev–Trinajstić information content (AvgIpc) is 2.49. The third-order valence-corrected chi connectivity index (χ3v) is 2.80. The van der Waals surface area contributed by atoms with Crippen LogP contribution in [0, 0.1) is 6.92 Å². The Labute approximate surface area is 150 Å². The number of aromatic nitrogens is 1. The quantitative estimate of drug-likeness (QED) is 0.275. The topological polar surface area (TPSA) is 67.8 Å². The molecule has 0 unspecified atom stereocenters. The summed E-state index contributed by atoms with van der Waals surface area (Å²) in [5, 5.41) is 6.48. The second-order valence-electron chi connectivity index (χ2n) is 4.58. The monoisotopic (exact) mass is 422 g/mol. The summed E-state index contributed by atoms with van der Waals surface area (Å²) in [6.45, 7) is 5.45. The minimum absolute atomic E-state index is 0. The lowest BCUT2D eigenvalue weighted by Crippen LogP contribution is -2.37. The summed E-state index contributed by atoms with van der Waals surface area (Å²) in [5.74, 6) is 0.773. The Bertz CT molecular complexity index is 430. The number of nitrogens with zero attached hydrogens (tertiary/aromatic N) is 2. The summed E-state index contributed by atoms with van der Waals surface area (Å²) >= 11 is 0. The van der Waals surface area contributed by atoms with Gasteiger partial charge >= 0.3 is 0 Å². The van der Waals surface area contributed by atoms with Crippen molar-refractivity contribution in [2.75, 3.05) is 40.5 Å². The van der Waals surface area contributed by atoms with E-state index in [1.165, 1.54) is 0 Å². The van der Waals surface area contributed by atoms with E-state index < -0.39 is 0 Å². The van der Waals surface area contributed by atoms with Gasteiger partial charge in [0, 0.05) is 33.0 Å². The van der Waals surface area contributed by atoms with Crippen LogP contribution in [0.4, 0.5) is 0 Å². The number of ether oxygens (including phenoxy) is 2. The second-order valence-corrected chi connectivity index (χ2v) is 4.58. The Morgan fingerprint density at radius 2 is 2.05 bits per heavy atom. The highest BCUT2D eigenvalue weighted by atomic mass is 127. The zero-order valence-electron chi connectivity index (χ0n) is 13.6. The Balaban J connectivity index is 0.00000441. The van der Waals surface area contributed by atoms with Gasteiger partial charge in [-0.15, -0.1) is 24.0 Å². The Kier molecular flexibility index (Phi) is 13.1. The third kappa shape index (κ3) is 9.91. The molecular weight excluding hydrogens is 395 g/mol. The van der Waals surface area contributed by atoms with Crippen molar-refractivity contribution in [1.29, 1.82) is 0 Å². The summed E-state index contributed by atoms with van der Waals surface area (Å²) in [6.07, 6.45) is 0.924. The maximum atomic E-state index is 5.40. The van der Waals surface area contributed by atoms with E-state index in [0.29, 0.717) is 26.4 Å². The summed E-state index contributed by atoms with van der Waals surface area (Å²) in [7, 11) is 3.43. The lowest BCUT2D eigenvalue weighted by Gasteiger charge is -2.12. The van der Waals surface area contributed by atoms with Gasteiger partial charge in [-0.2, -0.15) is 0 Å². The van der Waals surface area contributed by atoms with E-state index in [-0.39, 0.29) is 24.0 Å². The number of aliphatic imine (C=N–C) groups is 1. The normalized spacial score (nSPS) is 11.0. The van der Waals surface area contributed by atoms with Crippen molar-refractivity contribution < 1.29 is 9.47 Å². The fourth-order valence-electron chi connectivity index (χ4n) is 1.72. The first kappa shape index (κ1) is 21.1. The maximum Gasteiger partial charge on any atom is 0.191 e. The molecule has 1 aromatic rings. The van der Waals surface area contributed by atoms with Crippen molar-refractivity contribution in [2.24, 2.45) is 4.99 Å². The molecule has 6 nitrogen and oxygen atoms in total. The van der Waals surface area contributed by atoms with Gasteiger partial charge in [-0.05, 0) is 25.5 Å². The van der Waals surface area contributed by atoms with E-state index in [1.54, 1.807) is 14.2 Å². The second kappa shape index (κ2) is 13.7. The van der Waals surface area contributed by atoms with Crippen LogP contribution < -0.4 is 10.6 Å². The molecule has 0 spiro atoms. The molecule has 0 aromatic carbocycles. The van der Waals surface area contributed by atoms with Crippen molar-refractivity contribution in [2.45, 2.75) is 19.9 Å². The SMILES string of the molecule is CN=C(NCCCOCCOC)NCc1cccc(C)n1.I. The van der Waals surface area contributed by atoms with Gasteiger partial charge in [-0.1, -0.05) is 6.07 Å². The summed E-state index contributed by atoms with van der Waals surface area (Å²) < 4.78 is 10.3. The molecule has 0 radical (unpaired) electrons. The molecule has 1 heterocycles.